The number of esters is 1. The first-order chi connectivity index (χ1) is 13.6. The van der Waals surface area contributed by atoms with Gasteiger partial charge in [0.2, 0.25) is 6.29 Å². The summed E-state index contributed by atoms with van der Waals surface area (Å²) in [5.74, 6) is -1.42. The second-order valence-corrected chi connectivity index (χ2v) is 10.1. The van der Waals surface area contributed by atoms with Gasteiger partial charge in [0.25, 0.3) is 0 Å². The van der Waals surface area contributed by atoms with Crippen molar-refractivity contribution in [2.75, 3.05) is 0 Å². The largest absolute Gasteiger partial charge is 0.443 e. The van der Waals surface area contributed by atoms with Crippen LogP contribution < -0.4 is 5.43 Å². The molecule has 1 N–H and O–H groups in total. The van der Waals surface area contributed by atoms with Gasteiger partial charge in [0.1, 0.15) is 11.2 Å². The molecule has 0 aliphatic carbocycles. The Morgan fingerprint density at radius 1 is 0.935 bits per heavy atom. The molecule has 180 valence electrons. The van der Waals surface area contributed by atoms with E-state index in [4.69, 9.17) is 18.9 Å². The van der Waals surface area contributed by atoms with Crippen molar-refractivity contribution in [3.8, 4) is 0 Å². The molecule has 0 spiro atoms. The van der Waals surface area contributed by atoms with Gasteiger partial charge in [-0.1, -0.05) is 20.8 Å². The van der Waals surface area contributed by atoms with Gasteiger partial charge < -0.3 is 18.9 Å². The maximum Gasteiger partial charge on any atom is 0.430 e. The zero-order chi connectivity index (χ0) is 24.6. The van der Waals surface area contributed by atoms with Gasteiger partial charge >= 0.3 is 24.3 Å². The second kappa shape index (κ2) is 8.71. The van der Waals surface area contributed by atoms with E-state index >= 15 is 0 Å². The van der Waals surface area contributed by atoms with E-state index in [1.54, 1.807) is 0 Å². The highest BCUT2D eigenvalue weighted by Gasteiger charge is 2.59. The molecule has 3 atom stereocenters. The summed E-state index contributed by atoms with van der Waals surface area (Å²) in [5.41, 5.74) is -1.30. The average molecular weight is 456 g/mol. The van der Waals surface area contributed by atoms with Crippen molar-refractivity contribution in [2.24, 2.45) is 5.41 Å². The molecule has 1 fully saturated rings. The maximum atomic E-state index is 13.8. The van der Waals surface area contributed by atoms with E-state index < -0.39 is 59.4 Å². The summed E-state index contributed by atoms with van der Waals surface area (Å²) in [6.45, 7) is 13.5. The number of nitrogens with zero attached hydrogens (tertiary/aromatic N) is 1. The molecule has 0 radical (unpaired) electrons. The molecule has 1 heterocycles. The van der Waals surface area contributed by atoms with Crippen molar-refractivity contribution in [3.63, 3.8) is 0 Å². The highest BCUT2D eigenvalue weighted by atomic mass is 19.4. The normalized spacial score (nSPS) is 23.0. The fourth-order valence-corrected chi connectivity index (χ4v) is 2.35. The first-order valence-electron chi connectivity index (χ1n) is 9.56. The van der Waals surface area contributed by atoms with Crippen LogP contribution in [0, 0.1) is 5.41 Å². The van der Waals surface area contributed by atoms with Gasteiger partial charge in [0.15, 0.2) is 12.1 Å². The predicted molar refractivity (Wildman–Crippen MR) is 101 cm³/mol. The van der Waals surface area contributed by atoms with Crippen LogP contribution in [-0.2, 0) is 23.7 Å². The Hall–Kier alpha value is -2.24. The van der Waals surface area contributed by atoms with Crippen LogP contribution in [0.1, 0.15) is 62.3 Å². The summed E-state index contributed by atoms with van der Waals surface area (Å²) >= 11 is 0. The van der Waals surface area contributed by atoms with Crippen LogP contribution in [0.2, 0.25) is 0 Å². The predicted octanol–water partition coefficient (Wildman–Crippen LogP) is 3.91. The molecule has 2 amide bonds. The smallest absolute Gasteiger partial charge is 0.430 e. The Morgan fingerprint density at radius 3 is 1.81 bits per heavy atom. The Labute approximate surface area is 179 Å². The van der Waals surface area contributed by atoms with Gasteiger partial charge in [-0.15, -0.1) is 0 Å². The van der Waals surface area contributed by atoms with E-state index in [1.807, 2.05) is 5.43 Å². The third-order valence-corrected chi connectivity index (χ3v) is 3.53. The molecule has 31 heavy (non-hydrogen) atoms. The lowest BCUT2D eigenvalue weighted by Gasteiger charge is -2.44. The molecule has 1 saturated heterocycles. The number of carbonyl (C=O) groups is 3. The van der Waals surface area contributed by atoms with E-state index in [0.717, 1.165) is 0 Å². The van der Waals surface area contributed by atoms with Crippen LogP contribution in [0.5, 0.6) is 0 Å². The first kappa shape index (κ1) is 26.8. The standard InChI is InChI=1S/C19H31F3N2O7/c1-16(2,3)13-28-11(19(20,21)22)10(12(25)29-13)24(15(27)31-18(7,8)9)23-14(26)30-17(4,5)6/h10-11,13H,1-9H3,(H,23,26)/t10-,11+,13-/m1/s1. The van der Waals surface area contributed by atoms with Gasteiger partial charge in [-0.05, 0) is 41.5 Å². The Kier molecular flexibility index (Phi) is 7.53. The topological polar surface area (TPSA) is 103 Å². The molecule has 0 unspecified atom stereocenters. The Morgan fingerprint density at radius 2 is 1.42 bits per heavy atom. The van der Waals surface area contributed by atoms with Crippen LogP contribution in [0.4, 0.5) is 22.8 Å². The number of cyclic esters (lactones) is 1. The van der Waals surface area contributed by atoms with Gasteiger partial charge in [0, 0.05) is 5.41 Å². The molecule has 0 bridgehead atoms. The fourth-order valence-electron chi connectivity index (χ4n) is 2.35. The molecule has 0 aromatic rings. The third kappa shape index (κ3) is 8.08. The molecule has 12 heteroatoms. The summed E-state index contributed by atoms with van der Waals surface area (Å²) in [5, 5.41) is 0.0959. The maximum absolute atomic E-state index is 13.8. The van der Waals surface area contributed by atoms with Crippen molar-refractivity contribution < 1.29 is 46.5 Å². The fraction of sp³-hybridized carbons (Fsp3) is 0.842. The SMILES string of the molecule is CC(C)(C)OC(=O)NN(C(=O)OC(C)(C)C)[C@H]1C(=O)O[C@H](C(C)(C)C)O[C@@H]1C(F)(F)F. The number of ether oxygens (including phenoxy) is 4. The molecule has 1 aliphatic rings. The van der Waals surface area contributed by atoms with Crippen LogP contribution in [0.3, 0.4) is 0 Å². The third-order valence-electron chi connectivity index (χ3n) is 3.53. The number of hydrogen-bond acceptors (Lipinski definition) is 7. The number of hydrazine groups is 1. The zero-order valence-corrected chi connectivity index (χ0v) is 19.2. The van der Waals surface area contributed by atoms with Crippen LogP contribution in [0.25, 0.3) is 0 Å². The number of carbonyl (C=O) groups excluding carboxylic acids is 3. The minimum Gasteiger partial charge on any atom is -0.443 e. The first-order valence-corrected chi connectivity index (χ1v) is 9.56. The van der Waals surface area contributed by atoms with Crippen molar-refractivity contribution >= 4 is 18.2 Å². The highest BCUT2D eigenvalue weighted by Crippen LogP contribution is 2.37. The van der Waals surface area contributed by atoms with Gasteiger partial charge in [-0.25, -0.2) is 19.8 Å². The van der Waals surface area contributed by atoms with Crippen LogP contribution in [-0.4, -0.2) is 59.0 Å². The molecule has 9 nitrogen and oxygen atoms in total. The zero-order valence-electron chi connectivity index (χ0n) is 19.2. The second-order valence-electron chi connectivity index (χ2n) is 10.1. The lowest BCUT2D eigenvalue weighted by atomic mass is 9.94. The molecular formula is C19H31F3N2O7. The Balaban J connectivity index is 3.39. The van der Waals surface area contributed by atoms with E-state index in [0.29, 0.717) is 0 Å². The van der Waals surface area contributed by atoms with E-state index in [9.17, 15) is 27.6 Å². The van der Waals surface area contributed by atoms with E-state index in [2.05, 4.69) is 0 Å². The molecule has 0 aromatic carbocycles. The number of rotatable bonds is 1. The van der Waals surface area contributed by atoms with E-state index in [1.165, 1.54) is 62.3 Å². The van der Waals surface area contributed by atoms with Crippen LogP contribution in [0.15, 0.2) is 0 Å². The molecular weight excluding hydrogens is 425 g/mol. The number of amides is 2. The highest BCUT2D eigenvalue weighted by molar-refractivity contribution is 5.84. The number of halogens is 3. The number of nitrogens with one attached hydrogen (secondary N) is 1. The monoisotopic (exact) mass is 456 g/mol. The quantitative estimate of drug-likeness (QED) is 0.362. The van der Waals surface area contributed by atoms with Crippen LogP contribution >= 0.6 is 0 Å². The summed E-state index contributed by atoms with van der Waals surface area (Å²) in [6.07, 6.45) is -12.1. The van der Waals surface area contributed by atoms with Gasteiger partial charge in [-0.3, -0.25) is 0 Å². The van der Waals surface area contributed by atoms with Gasteiger partial charge in [0.05, 0.1) is 0 Å². The van der Waals surface area contributed by atoms with Crippen molar-refractivity contribution in [1.29, 1.82) is 0 Å². The van der Waals surface area contributed by atoms with Crippen molar-refractivity contribution in [2.45, 2.75) is 98.1 Å². The lowest BCUT2D eigenvalue weighted by molar-refractivity contribution is -0.321. The summed E-state index contributed by atoms with van der Waals surface area (Å²) in [7, 11) is 0. The van der Waals surface area contributed by atoms with Crippen molar-refractivity contribution in [1.82, 2.24) is 10.4 Å². The van der Waals surface area contributed by atoms with E-state index in [-0.39, 0.29) is 5.01 Å². The Bertz CT molecular complexity index is 691. The van der Waals surface area contributed by atoms with Crippen molar-refractivity contribution in [3.05, 3.63) is 0 Å². The summed E-state index contributed by atoms with van der Waals surface area (Å²) in [4.78, 5) is 37.5. The molecule has 1 rings (SSSR count). The number of hydrogen-bond donors (Lipinski definition) is 1. The summed E-state index contributed by atoms with van der Waals surface area (Å²) < 4.78 is 61.7. The lowest BCUT2D eigenvalue weighted by Crippen LogP contribution is -2.67. The average Bonchev–Trinajstić information content (AvgIpc) is 2.46. The minimum absolute atomic E-state index is 0.0959. The summed E-state index contributed by atoms with van der Waals surface area (Å²) in [6, 6.07) is -2.40. The molecule has 0 aromatic heterocycles. The molecule has 0 saturated carbocycles. The van der Waals surface area contributed by atoms with Gasteiger partial charge in [-0.2, -0.15) is 18.2 Å². The minimum atomic E-state index is -5.08. The molecule has 1 aliphatic heterocycles. The number of alkyl halides is 3.